The van der Waals surface area contributed by atoms with Crippen molar-refractivity contribution in [2.45, 2.75) is 18.9 Å². The number of halogens is 4. The fraction of sp³-hybridized carbons (Fsp3) is 0.375. The smallest absolute Gasteiger partial charge is 0.265 e. The molecule has 0 aliphatic carbocycles. The Hall–Kier alpha value is -0.0100. The maximum absolute atomic E-state index is 12.6. The number of hydrogen-bond donors (Lipinski definition) is 1. The third kappa shape index (κ3) is 2.32. The van der Waals surface area contributed by atoms with Gasteiger partial charge in [0.05, 0.1) is 18.2 Å². The molecule has 1 heterocycles. The van der Waals surface area contributed by atoms with Crippen LogP contribution in [-0.4, -0.2) is 10.1 Å². The zero-order chi connectivity index (χ0) is 10.7. The lowest BCUT2D eigenvalue weighted by Crippen LogP contribution is -2.03. The van der Waals surface area contributed by atoms with Crippen LogP contribution in [0.4, 0.5) is 8.78 Å². The topological polar surface area (TPSA) is 33.1 Å². The first-order chi connectivity index (χ1) is 6.61. The summed E-state index contributed by atoms with van der Waals surface area (Å²) in [6, 6.07) is 0. The van der Waals surface area contributed by atoms with Crippen LogP contribution in [0.25, 0.3) is 0 Å². The minimum absolute atomic E-state index is 0.0870. The molecule has 0 saturated heterocycles. The SMILES string of the molecule is OCc1cnc(CCl)c(I)c1C(F)F. The fourth-order valence-corrected chi connectivity index (χ4v) is 2.37. The Morgan fingerprint density at radius 1 is 1.57 bits per heavy atom. The van der Waals surface area contributed by atoms with Crippen molar-refractivity contribution in [2.24, 2.45) is 0 Å². The highest BCUT2D eigenvalue weighted by Crippen LogP contribution is 2.29. The van der Waals surface area contributed by atoms with Gasteiger partial charge < -0.3 is 5.11 Å². The van der Waals surface area contributed by atoms with Gasteiger partial charge in [-0.05, 0) is 22.6 Å². The van der Waals surface area contributed by atoms with E-state index in [1.165, 1.54) is 6.20 Å². The van der Waals surface area contributed by atoms with Crippen molar-refractivity contribution >= 4 is 34.2 Å². The highest BCUT2D eigenvalue weighted by Gasteiger charge is 2.19. The largest absolute Gasteiger partial charge is 0.392 e. The van der Waals surface area contributed by atoms with E-state index in [4.69, 9.17) is 16.7 Å². The molecule has 0 spiro atoms. The second kappa shape index (κ2) is 5.18. The maximum Gasteiger partial charge on any atom is 0.265 e. The number of pyridine rings is 1. The molecule has 2 nitrogen and oxygen atoms in total. The molecule has 0 unspecified atom stereocenters. The summed E-state index contributed by atoms with van der Waals surface area (Å²) in [5.41, 5.74) is 0.400. The Balaban J connectivity index is 3.31. The van der Waals surface area contributed by atoms with E-state index in [-0.39, 0.29) is 17.0 Å². The minimum atomic E-state index is -2.62. The number of aliphatic hydroxyl groups is 1. The molecule has 1 aromatic rings. The zero-order valence-electron chi connectivity index (χ0n) is 6.98. The summed E-state index contributed by atoms with van der Waals surface area (Å²) >= 11 is 7.30. The predicted molar refractivity (Wildman–Crippen MR) is 57.4 cm³/mol. The van der Waals surface area contributed by atoms with Gasteiger partial charge >= 0.3 is 0 Å². The molecule has 6 heteroatoms. The summed E-state index contributed by atoms with van der Waals surface area (Å²) in [5, 5.41) is 8.85. The van der Waals surface area contributed by atoms with E-state index in [2.05, 4.69) is 4.98 Å². The van der Waals surface area contributed by atoms with E-state index in [0.717, 1.165) is 0 Å². The van der Waals surface area contributed by atoms with Crippen molar-refractivity contribution in [2.75, 3.05) is 0 Å². The molecular formula is C8H7ClF2INO. The van der Waals surface area contributed by atoms with Crippen LogP contribution in [-0.2, 0) is 12.5 Å². The molecule has 0 amide bonds. The van der Waals surface area contributed by atoms with E-state index in [0.29, 0.717) is 9.26 Å². The van der Waals surface area contributed by atoms with Crippen molar-refractivity contribution < 1.29 is 13.9 Å². The first-order valence-corrected chi connectivity index (χ1v) is 5.34. The monoisotopic (exact) mass is 333 g/mol. The zero-order valence-corrected chi connectivity index (χ0v) is 9.89. The van der Waals surface area contributed by atoms with E-state index in [1.807, 2.05) is 0 Å². The first kappa shape index (κ1) is 12.1. The number of hydrogen-bond acceptors (Lipinski definition) is 2. The van der Waals surface area contributed by atoms with Crippen molar-refractivity contribution in [1.29, 1.82) is 0 Å². The van der Waals surface area contributed by atoms with Crippen LogP contribution in [0.1, 0.15) is 23.2 Å². The second-order valence-electron chi connectivity index (χ2n) is 2.55. The van der Waals surface area contributed by atoms with E-state index in [1.54, 1.807) is 22.6 Å². The van der Waals surface area contributed by atoms with Crippen LogP contribution >= 0.6 is 34.2 Å². The van der Waals surface area contributed by atoms with Crippen LogP contribution in [0.15, 0.2) is 6.20 Å². The van der Waals surface area contributed by atoms with Gasteiger partial charge in [0.15, 0.2) is 0 Å². The van der Waals surface area contributed by atoms with Gasteiger partial charge in [0.1, 0.15) is 0 Å². The third-order valence-corrected chi connectivity index (χ3v) is 3.18. The maximum atomic E-state index is 12.6. The van der Waals surface area contributed by atoms with Crippen LogP contribution < -0.4 is 0 Å². The van der Waals surface area contributed by atoms with Gasteiger partial charge in [0.2, 0.25) is 0 Å². The van der Waals surface area contributed by atoms with Gasteiger partial charge in [0, 0.05) is 20.9 Å². The molecule has 0 saturated carbocycles. The number of alkyl halides is 3. The lowest BCUT2D eigenvalue weighted by molar-refractivity contribution is 0.145. The Morgan fingerprint density at radius 3 is 2.64 bits per heavy atom. The standard InChI is InChI=1S/C8H7ClF2INO/c9-1-5-7(12)6(8(10)11)4(3-14)2-13-5/h2,8,14H,1,3H2. The van der Waals surface area contributed by atoms with Crippen LogP contribution in [0.2, 0.25) is 0 Å². The molecule has 1 aromatic heterocycles. The van der Waals surface area contributed by atoms with E-state index >= 15 is 0 Å². The van der Waals surface area contributed by atoms with Gasteiger partial charge in [-0.15, -0.1) is 11.6 Å². The Morgan fingerprint density at radius 2 is 2.21 bits per heavy atom. The first-order valence-electron chi connectivity index (χ1n) is 3.73. The van der Waals surface area contributed by atoms with Gasteiger partial charge in [-0.1, -0.05) is 0 Å². The Bertz CT molecular complexity index is 335. The number of nitrogens with zero attached hydrogens (tertiary/aromatic N) is 1. The molecule has 0 aliphatic rings. The molecule has 14 heavy (non-hydrogen) atoms. The van der Waals surface area contributed by atoms with Crippen LogP contribution in [0, 0.1) is 3.57 Å². The summed E-state index contributed by atoms with van der Waals surface area (Å²) in [6.45, 7) is -0.439. The van der Waals surface area contributed by atoms with Crippen molar-refractivity contribution in [3.8, 4) is 0 Å². The molecule has 78 valence electrons. The Kier molecular flexibility index (Phi) is 4.46. The van der Waals surface area contributed by atoms with Crippen molar-refractivity contribution in [1.82, 2.24) is 4.98 Å². The van der Waals surface area contributed by atoms with Gasteiger partial charge in [-0.3, -0.25) is 4.98 Å². The van der Waals surface area contributed by atoms with Crippen molar-refractivity contribution in [3.63, 3.8) is 0 Å². The molecule has 1 rings (SSSR count). The molecule has 0 radical (unpaired) electrons. The predicted octanol–water partition coefficient (Wildman–Crippen LogP) is 2.85. The Labute approximate surface area is 98.4 Å². The number of aliphatic hydroxyl groups excluding tert-OH is 1. The van der Waals surface area contributed by atoms with E-state index < -0.39 is 13.0 Å². The summed E-state index contributed by atoms with van der Waals surface area (Å²) in [6.07, 6.45) is -1.38. The van der Waals surface area contributed by atoms with Gasteiger partial charge in [0.25, 0.3) is 6.43 Å². The lowest BCUT2D eigenvalue weighted by atomic mass is 10.1. The van der Waals surface area contributed by atoms with Crippen LogP contribution in [0.5, 0.6) is 0 Å². The summed E-state index contributed by atoms with van der Waals surface area (Å²) in [4.78, 5) is 3.88. The number of rotatable bonds is 3. The van der Waals surface area contributed by atoms with E-state index in [9.17, 15) is 8.78 Å². The van der Waals surface area contributed by atoms with Crippen LogP contribution in [0.3, 0.4) is 0 Å². The average molecular weight is 334 g/mol. The molecular weight excluding hydrogens is 326 g/mol. The molecule has 0 fully saturated rings. The van der Waals surface area contributed by atoms with Gasteiger partial charge in [-0.2, -0.15) is 0 Å². The summed E-state index contributed by atoms with van der Waals surface area (Å²) < 4.78 is 25.5. The van der Waals surface area contributed by atoms with Gasteiger partial charge in [-0.25, -0.2) is 8.78 Å². The minimum Gasteiger partial charge on any atom is -0.392 e. The molecule has 0 aromatic carbocycles. The molecule has 0 bridgehead atoms. The fourth-order valence-electron chi connectivity index (χ4n) is 1.03. The highest BCUT2D eigenvalue weighted by atomic mass is 127. The quantitative estimate of drug-likeness (QED) is 0.681. The molecule has 0 aliphatic heterocycles. The summed E-state index contributed by atoms with van der Waals surface area (Å²) in [7, 11) is 0. The third-order valence-electron chi connectivity index (χ3n) is 1.73. The molecule has 0 atom stereocenters. The normalized spacial score (nSPS) is 11.0. The lowest BCUT2D eigenvalue weighted by Gasteiger charge is -2.10. The average Bonchev–Trinajstić information content (AvgIpc) is 2.16. The highest BCUT2D eigenvalue weighted by molar-refractivity contribution is 14.1. The molecule has 1 N–H and O–H groups in total. The van der Waals surface area contributed by atoms with Crippen molar-refractivity contribution in [3.05, 3.63) is 26.6 Å². The number of aromatic nitrogens is 1. The summed E-state index contributed by atoms with van der Waals surface area (Å²) in [5.74, 6) is 0.0870. The second-order valence-corrected chi connectivity index (χ2v) is 3.90.